The van der Waals surface area contributed by atoms with Crippen LogP contribution in [0.5, 0.6) is 0 Å². The van der Waals surface area contributed by atoms with Crippen molar-refractivity contribution in [1.82, 2.24) is 5.32 Å². The first-order valence-corrected chi connectivity index (χ1v) is 5.84. The van der Waals surface area contributed by atoms with Crippen molar-refractivity contribution in [1.29, 1.82) is 0 Å². The molecule has 1 amide bonds. The average molecular weight is 249 g/mol. The van der Waals surface area contributed by atoms with Crippen LogP contribution in [-0.4, -0.2) is 23.9 Å². The molecule has 1 atom stereocenters. The minimum absolute atomic E-state index is 0.0135. The average Bonchev–Trinajstić information content (AvgIpc) is 2.85. The number of aryl methyl sites for hydroxylation is 1. The number of carbonyl (C=O) groups is 1. The van der Waals surface area contributed by atoms with Gasteiger partial charge in [0.2, 0.25) is 5.91 Å². The van der Waals surface area contributed by atoms with Crippen LogP contribution in [0.3, 0.4) is 0 Å². The molecule has 0 saturated carbocycles. The fourth-order valence-electron chi connectivity index (χ4n) is 1.97. The summed E-state index contributed by atoms with van der Waals surface area (Å²) < 4.78 is 0. The van der Waals surface area contributed by atoms with Crippen LogP contribution in [0.25, 0.3) is 0 Å². The standard InChI is InChI=1S/C12H15N3O3/c1-8-2-3-10(15(17)18)6-11(8)14-12(16)9-4-5-13-7-9/h2-3,6,9,13H,4-5,7H2,1H3,(H,14,16). The van der Waals surface area contributed by atoms with Gasteiger partial charge in [0.15, 0.2) is 0 Å². The van der Waals surface area contributed by atoms with Crippen LogP contribution in [0.1, 0.15) is 12.0 Å². The van der Waals surface area contributed by atoms with Crippen LogP contribution in [0.15, 0.2) is 18.2 Å². The van der Waals surface area contributed by atoms with Gasteiger partial charge < -0.3 is 10.6 Å². The van der Waals surface area contributed by atoms with E-state index in [4.69, 9.17) is 0 Å². The highest BCUT2D eigenvalue weighted by atomic mass is 16.6. The van der Waals surface area contributed by atoms with Crippen molar-refractivity contribution in [3.63, 3.8) is 0 Å². The van der Waals surface area contributed by atoms with Gasteiger partial charge in [-0.3, -0.25) is 14.9 Å². The molecule has 6 nitrogen and oxygen atoms in total. The van der Waals surface area contributed by atoms with Crippen molar-refractivity contribution < 1.29 is 9.72 Å². The van der Waals surface area contributed by atoms with Crippen LogP contribution in [0.4, 0.5) is 11.4 Å². The maximum atomic E-state index is 11.9. The molecule has 1 unspecified atom stereocenters. The quantitative estimate of drug-likeness (QED) is 0.627. The third kappa shape index (κ3) is 2.65. The van der Waals surface area contributed by atoms with E-state index < -0.39 is 4.92 Å². The summed E-state index contributed by atoms with van der Waals surface area (Å²) >= 11 is 0. The number of nitro groups is 1. The largest absolute Gasteiger partial charge is 0.325 e. The zero-order valence-corrected chi connectivity index (χ0v) is 10.1. The third-order valence-electron chi connectivity index (χ3n) is 3.12. The molecule has 0 aliphatic carbocycles. The SMILES string of the molecule is Cc1ccc([N+](=O)[O-])cc1NC(=O)C1CCNC1. The van der Waals surface area contributed by atoms with Gasteiger partial charge in [-0.25, -0.2) is 0 Å². The highest BCUT2D eigenvalue weighted by Gasteiger charge is 2.23. The molecule has 1 fully saturated rings. The predicted octanol–water partition coefficient (Wildman–Crippen LogP) is 1.45. The molecular weight excluding hydrogens is 234 g/mol. The Bertz CT molecular complexity index is 481. The number of nitrogens with one attached hydrogen (secondary N) is 2. The highest BCUT2D eigenvalue weighted by Crippen LogP contribution is 2.23. The van der Waals surface area contributed by atoms with Crippen molar-refractivity contribution in [2.45, 2.75) is 13.3 Å². The molecule has 1 aromatic rings. The maximum Gasteiger partial charge on any atom is 0.271 e. The number of nitrogens with zero attached hydrogens (tertiary/aromatic N) is 1. The summed E-state index contributed by atoms with van der Waals surface area (Å²) in [5, 5.41) is 16.6. The van der Waals surface area contributed by atoms with Gasteiger partial charge in [0, 0.05) is 18.7 Å². The molecule has 1 aromatic carbocycles. The Morgan fingerprint density at radius 1 is 1.56 bits per heavy atom. The van der Waals surface area contributed by atoms with E-state index in [1.807, 2.05) is 6.92 Å². The van der Waals surface area contributed by atoms with E-state index in [1.54, 1.807) is 6.07 Å². The lowest BCUT2D eigenvalue weighted by atomic mass is 10.1. The van der Waals surface area contributed by atoms with Gasteiger partial charge in [-0.2, -0.15) is 0 Å². The van der Waals surface area contributed by atoms with Gasteiger partial charge in [-0.1, -0.05) is 6.07 Å². The summed E-state index contributed by atoms with van der Waals surface area (Å²) in [6.07, 6.45) is 0.805. The summed E-state index contributed by atoms with van der Waals surface area (Å²) in [5.74, 6) is -0.132. The van der Waals surface area contributed by atoms with Crippen LogP contribution < -0.4 is 10.6 Å². The minimum atomic E-state index is -0.466. The van der Waals surface area contributed by atoms with Crippen LogP contribution >= 0.6 is 0 Å². The molecule has 0 radical (unpaired) electrons. The number of anilines is 1. The summed E-state index contributed by atoms with van der Waals surface area (Å²) in [5.41, 5.74) is 1.32. The lowest BCUT2D eigenvalue weighted by Crippen LogP contribution is -2.25. The second kappa shape index (κ2) is 5.14. The van der Waals surface area contributed by atoms with Crippen molar-refractivity contribution in [2.75, 3.05) is 18.4 Å². The molecule has 96 valence electrons. The summed E-state index contributed by atoms with van der Waals surface area (Å²) in [6.45, 7) is 3.32. The van der Waals surface area contributed by atoms with E-state index in [-0.39, 0.29) is 17.5 Å². The molecule has 1 aliphatic rings. The second-order valence-electron chi connectivity index (χ2n) is 4.44. The van der Waals surface area contributed by atoms with Crippen LogP contribution in [0, 0.1) is 23.0 Å². The third-order valence-corrected chi connectivity index (χ3v) is 3.12. The van der Waals surface area contributed by atoms with E-state index in [1.165, 1.54) is 12.1 Å². The number of non-ortho nitro benzene ring substituents is 1. The van der Waals surface area contributed by atoms with E-state index in [0.717, 1.165) is 18.5 Å². The summed E-state index contributed by atoms with van der Waals surface area (Å²) in [7, 11) is 0. The molecule has 6 heteroatoms. The molecule has 0 spiro atoms. The molecule has 0 bridgehead atoms. The van der Waals surface area contributed by atoms with Gasteiger partial charge in [-0.05, 0) is 25.5 Å². The number of nitro benzene ring substituents is 1. The molecule has 0 aromatic heterocycles. The second-order valence-corrected chi connectivity index (χ2v) is 4.44. The topological polar surface area (TPSA) is 84.3 Å². The number of rotatable bonds is 3. The number of hydrogen-bond donors (Lipinski definition) is 2. The summed E-state index contributed by atoms with van der Waals surface area (Å²) in [6, 6.07) is 4.47. The fraction of sp³-hybridized carbons (Fsp3) is 0.417. The Hall–Kier alpha value is -1.95. The number of carbonyl (C=O) groups excluding carboxylic acids is 1. The maximum absolute atomic E-state index is 11.9. The van der Waals surface area contributed by atoms with Gasteiger partial charge in [0.1, 0.15) is 0 Å². The van der Waals surface area contributed by atoms with E-state index in [2.05, 4.69) is 10.6 Å². The van der Waals surface area contributed by atoms with Gasteiger partial charge in [0.25, 0.3) is 5.69 Å². The Morgan fingerprint density at radius 2 is 2.33 bits per heavy atom. The van der Waals surface area contributed by atoms with Crippen molar-refractivity contribution >= 4 is 17.3 Å². The number of amides is 1. The first-order chi connectivity index (χ1) is 8.58. The van der Waals surface area contributed by atoms with Crippen molar-refractivity contribution in [3.8, 4) is 0 Å². The Balaban J connectivity index is 2.14. The molecule has 18 heavy (non-hydrogen) atoms. The van der Waals surface area contributed by atoms with Crippen LogP contribution in [-0.2, 0) is 4.79 Å². The lowest BCUT2D eigenvalue weighted by Gasteiger charge is -2.11. The van der Waals surface area contributed by atoms with Gasteiger partial charge in [-0.15, -0.1) is 0 Å². The zero-order chi connectivity index (χ0) is 13.1. The fourth-order valence-corrected chi connectivity index (χ4v) is 1.97. The van der Waals surface area contributed by atoms with E-state index in [9.17, 15) is 14.9 Å². The van der Waals surface area contributed by atoms with Crippen LogP contribution in [0.2, 0.25) is 0 Å². The Morgan fingerprint density at radius 3 is 2.94 bits per heavy atom. The molecule has 2 N–H and O–H groups in total. The van der Waals surface area contributed by atoms with E-state index in [0.29, 0.717) is 12.2 Å². The zero-order valence-electron chi connectivity index (χ0n) is 10.1. The number of benzene rings is 1. The highest BCUT2D eigenvalue weighted by molar-refractivity contribution is 5.93. The smallest absolute Gasteiger partial charge is 0.271 e. The Labute approximate surface area is 105 Å². The molecule has 2 rings (SSSR count). The first kappa shape index (κ1) is 12.5. The van der Waals surface area contributed by atoms with Gasteiger partial charge >= 0.3 is 0 Å². The molecule has 1 aliphatic heterocycles. The Kier molecular flexibility index (Phi) is 3.57. The minimum Gasteiger partial charge on any atom is -0.325 e. The summed E-state index contributed by atoms with van der Waals surface area (Å²) in [4.78, 5) is 22.2. The number of hydrogen-bond acceptors (Lipinski definition) is 4. The predicted molar refractivity (Wildman–Crippen MR) is 67.4 cm³/mol. The molecular formula is C12H15N3O3. The van der Waals surface area contributed by atoms with Crippen molar-refractivity contribution in [3.05, 3.63) is 33.9 Å². The first-order valence-electron chi connectivity index (χ1n) is 5.84. The van der Waals surface area contributed by atoms with E-state index >= 15 is 0 Å². The monoisotopic (exact) mass is 249 g/mol. The molecule has 1 heterocycles. The lowest BCUT2D eigenvalue weighted by molar-refractivity contribution is -0.384. The molecule has 1 saturated heterocycles. The normalized spacial score (nSPS) is 18.6. The van der Waals surface area contributed by atoms with Crippen molar-refractivity contribution in [2.24, 2.45) is 5.92 Å². The van der Waals surface area contributed by atoms with Gasteiger partial charge in [0.05, 0.1) is 16.5 Å².